The van der Waals surface area contributed by atoms with Gasteiger partial charge in [0.25, 0.3) is 5.91 Å². The van der Waals surface area contributed by atoms with Gasteiger partial charge < -0.3 is 15.1 Å². The third kappa shape index (κ3) is 3.82. The van der Waals surface area contributed by atoms with Gasteiger partial charge in [-0.25, -0.2) is 9.97 Å². The van der Waals surface area contributed by atoms with Gasteiger partial charge in [-0.05, 0) is 30.5 Å². The van der Waals surface area contributed by atoms with E-state index in [0.717, 1.165) is 29.6 Å². The maximum atomic E-state index is 12.7. The number of nitrogens with one attached hydrogen (secondary N) is 1. The van der Waals surface area contributed by atoms with E-state index in [2.05, 4.69) is 22.2 Å². The lowest BCUT2D eigenvalue weighted by molar-refractivity contribution is -0.118. The van der Waals surface area contributed by atoms with Crippen LogP contribution in [0.15, 0.2) is 30.5 Å². The van der Waals surface area contributed by atoms with Crippen molar-refractivity contribution in [2.45, 2.75) is 20.3 Å². The van der Waals surface area contributed by atoms with Crippen LogP contribution in [0.1, 0.15) is 28.5 Å². The Kier molecular flexibility index (Phi) is 5.46. The van der Waals surface area contributed by atoms with E-state index in [9.17, 15) is 9.59 Å². The van der Waals surface area contributed by atoms with Crippen LogP contribution in [0, 0.1) is 6.92 Å². The summed E-state index contributed by atoms with van der Waals surface area (Å²) in [4.78, 5) is 35.9. The molecule has 136 valence electrons. The maximum absolute atomic E-state index is 12.7. The minimum atomic E-state index is -0.246. The first-order valence-electron chi connectivity index (χ1n) is 8.79. The predicted octanol–water partition coefficient (Wildman–Crippen LogP) is 1.88. The largest absolute Gasteiger partial charge is 0.342 e. The highest BCUT2D eigenvalue weighted by atomic mass is 16.2. The lowest BCUT2D eigenvalue weighted by Crippen LogP contribution is -2.46. The van der Waals surface area contributed by atoms with Gasteiger partial charge in [0, 0.05) is 38.1 Å². The van der Waals surface area contributed by atoms with E-state index >= 15 is 0 Å². The van der Waals surface area contributed by atoms with Gasteiger partial charge in [0.05, 0.1) is 0 Å². The van der Waals surface area contributed by atoms with E-state index in [1.54, 1.807) is 17.2 Å². The second kappa shape index (κ2) is 7.95. The average molecular weight is 353 g/mol. The Morgan fingerprint density at radius 3 is 2.69 bits per heavy atom. The van der Waals surface area contributed by atoms with E-state index in [4.69, 9.17) is 0 Å². The van der Waals surface area contributed by atoms with Crippen LogP contribution >= 0.6 is 0 Å². The van der Waals surface area contributed by atoms with Crippen molar-refractivity contribution in [1.29, 1.82) is 0 Å². The van der Waals surface area contributed by atoms with E-state index in [0.29, 0.717) is 37.8 Å². The van der Waals surface area contributed by atoms with Crippen molar-refractivity contribution in [1.82, 2.24) is 14.9 Å². The molecule has 0 radical (unpaired) electrons. The zero-order chi connectivity index (χ0) is 18.5. The first-order valence-corrected chi connectivity index (χ1v) is 8.79. The molecule has 0 aliphatic carbocycles. The Bertz CT molecular complexity index is 800. The van der Waals surface area contributed by atoms with Crippen molar-refractivity contribution in [2.75, 3.05) is 36.4 Å². The molecule has 0 saturated carbocycles. The molecular weight excluding hydrogens is 330 g/mol. The van der Waals surface area contributed by atoms with Gasteiger partial charge >= 0.3 is 0 Å². The van der Waals surface area contributed by atoms with E-state index in [1.165, 1.54) is 0 Å². The smallest absolute Gasteiger partial charge is 0.274 e. The zero-order valence-corrected chi connectivity index (χ0v) is 15.1. The number of hydrogen-bond donors (Lipinski definition) is 1. The molecule has 1 saturated heterocycles. The Labute approximate surface area is 153 Å². The minimum Gasteiger partial charge on any atom is -0.342 e. The molecule has 1 aromatic carbocycles. The predicted molar refractivity (Wildman–Crippen MR) is 100 cm³/mol. The molecule has 3 rings (SSSR count). The summed E-state index contributed by atoms with van der Waals surface area (Å²) in [6, 6.07) is 7.60. The molecule has 1 aliphatic heterocycles. The Morgan fingerprint density at radius 2 is 2.00 bits per heavy atom. The number of amides is 2. The summed E-state index contributed by atoms with van der Waals surface area (Å²) in [5, 5.41) is 2.99. The van der Waals surface area contributed by atoms with E-state index in [-0.39, 0.29) is 5.91 Å². The summed E-state index contributed by atoms with van der Waals surface area (Å²) in [5.41, 5.74) is 3.30. The highest BCUT2D eigenvalue weighted by molar-refractivity contribution is 6.03. The molecule has 2 amide bonds. The molecule has 7 nitrogen and oxygen atoms in total. The van der Waals surface area contributed by atoms with Gasteiger partial charge in [0.1, 0.15) is 5.69 Å². The van der Waals surface area contributed by atoms with Crippen molar-refractivity contribution < 1.29 is 9.59 Å². The van der Waals surface area contributed by atoms with E-state index < -0.39 is 0 Å². The number of piperazine rings is 1. The number of hydrogen-bond acceptors (Lipinski definition) is 5. The normalized spacial score (nSPS) is 14.2. The number of aromatic nitrogens is 2. The highest BCUT2D eigenvalue weighted by Gasteiger charge is 2.19. The number of anilines is 2. The highest BCUT2D eigenvalue weighted by Crippen LogP contribution is 2.22. The molecule has 26 heavy (non-hydrogen) atoms. The molecule has 1 fully saturated rings. The monoisotopic (exact) mass is 353 g/mol. The SMILES string of the molecule is CCc1cccc(C)c1NC(=O)c1ccnc(N2CCN(C=O)CC2)n1. The zero-order valence-electron chi connectivity index (χ0n) is 15.1. The van der Waals surface area contributed by atoms with Crippen LogP contribution in [-0.2, 0) is 11.2 Å². The molecule has 0 spiro atoms. The molecule has 2 heterocycles. The van der Waals surface area contributed by atoms with Gasteiger partial charge in [0.15, 0.2) is 0 Å². The van der Waals surface area contributed by atoms with Crippen LogP contribution in [0.3, 0.4) is 0 Å². The summed E-state index contributed by atoms with van der Waals surface area (Å²) >= 11 is 0. The van der Waals surface area contributed by atoms with Crippen molar-refractivity contribution >= 4 is 24.0 Å². The van der Waals surface area contributed by atoms with Gasteiger partial charge in [-0.2, -0.15) is 0 Å². The van der Waals surface area contributed by atoms with Crippen molar-refractivity contribution in [3.05, 3.63) is 47.3 Å². The van der Waals surface area contributed by atoms with Crippen LogP contribution in [0.5, 0.6) is 0 Å². The number of benzene rings is 1. The standard InChI is InChI=1S/C19H23N5O2/c1-3-15-6-4-5-14(2)17(15)22-18(26)16-7-8-20-19(21-16)24-11-9-23(13-25)10-12-24/h4-8,13H,3,9-12H2,1-2H3,(H,22,26). The third-order valence-corrected chi connectivity index (χ3v) is 4.60. The fourth-order valence-electron chi connectivity index (χ4n) is 3.03. The Hall–Kier alpha value is -2.96. The molecule has 0 atom stereocenters. The van der Waals surface area contributed by atoms with Crippen molar-refractivity contribution in [2.24, 2.45) is 0 Å². The van der Waals surface area contributed by atoms with Crippen LogP contribution in [0.4, 0.5) is 11.6 Å². The molecule has 1 aliphatic rings. The topological polar surface area (TPSA) is 78.4 Å². The van der Waals surface area contributed by atoms with Crippen LogP contribution in [0.2, 0.25) is 0 Å². The fraction of sp³-hybridized carbons (Fsp3) is 0.368. The molecule has 0 bridgehead atoms. The van der Waals surface area contributed by atoms with Gasteiger partial charge in [-0.1, -0.05) is 25.1 Å². The molecule has 7 heteroatoms. The van der Waals surface area contributed by atoms with Crippen LogP contribution in [-0.4, -0.2) is 53.4 Å². The Balaban J connectivity index is 1.76. The number of rotatable bonds is 5. The summed E-state index contributed by atoms with van der Waals surface area (Å²) in [5.74, 6) is 0.271. The van der Waals surface area contributed by atoms with Crippen molar-refractivity contribution in [3.8, 4) is 0 Å². The number of para-hydroxylation sites is 1. The van der Waals surface area contributed by atoms with Crippen LogP contribution in [0.25, 0.3) is 0 Å². The van der Waals surface area contributed by atoms with Crippen LogP contribution < -0.4 is 10.2 Å². The number of aryl methyl sites for hydroxylation is 2. The van der Waals surface area contributed by atoms with Gasteiger partial charge in [-0.15, -0.1) is 0 Å². The first kappa shape index (κ1) is 17.8. The first-order chi connectivity index (χ1) is 12.6. The maximum Gasteiger partial charge on any atom is 0.274 e. The quantitative estimate of drug-likeness (QED) is 0.831. The third-order valence-electron chi connectivity index (χ3n) is 4.60. The van der Waals surface area contributed by atoms with Crippen molar-refractivity contribution in [3.63, 3.8) is 0 Å². The molecule has 1 aromatic heterocycles. The molecular formula is C19H23N5O2. The number of carbonyl (C=O) groups excluding carboxylic acids is 2. The van der Waals surface area contributed by atoms with Gasteiger partial charge in [-0.3, -0.25) is 9.59 Å². The minimum absolute atomic E-state index is 0.246. The number of carbonyl (C=O) groups is 2. The molecule has 1 N–H and O–H groups in total. The van der Waals surface area contributed by atoms with E-state index in [1.807, 2.05) is 30.0 Å². The number of nitrogens with zero attached hydrogens (tertiary/aromatic N) is 4. The average Bonchev–Trinajstić information content (AvgIpc) is 2.69. The second-order valence-corrected chi connectivity index (χ2v) is 6.29. The summed E-state index contributed by atoms with van der Waals surface area (Å²) in [7, 11) is 0. The van der Waals surface area contributed by atoms with Gasteiger partial charge in [0.2, 0.25) is 12.4 Å². The second-order valence-electron chi connectivity index (χ2n) is 6.29. The molecule has 0 unspecified atom stereocenters. The lowest BCUT2D eigenvalue weighted by Gasteiger charge is -2.32. The fourth-order valence-corrected chi connectivity index (χ4v) is 3.03. The Morgan fingerprint density at radius 1 is 1.23 bits per heavy atom. The lowest BCUT2D eigenvalue weighted by atomic mass is 10.1. The summed E-state index contributed by atoms with van der Waals surface area (Å²) in [6.07, 6.45) is 3.30. The summed E-state index contributed by atoms with van der Waals surface area (Å²) < 4.78 is 0. The molecule has 2 aromatic rings. The summed E-state index contributed by atoms with van der Waals surface area (Å²) in [6.45, 7) is 6.61.